The Morgan fingerprint density at radius 1 is 0.591 bits per heavy atom. The Balaban J connectivity index is 0.000000220. The molecular formula is C12H10B2F4O4. The second-order valence-corrected chi connectivity index (χ2v) is 4.08. The van der Waals surface area contributed by atoms with Gasteiger partial charge in [0.1, 0.15) is 23.3 Å². The molecule has 0 radical (unpaired) electrons. The monoisotopic (exact) mass is 316 g/mol. The second-order valence-electron chi connectivity index (χ2n) is 4.08. The van der Waals surface area contributed by atoms with Crippen molar-refractivity contribution in [2.75, 3.05) is 0 Å². The number of halogens is 4. The van der Waals surface area contributed by atoms with Crippen molar-refractivity contribution in [3.8, 4) is 0 Å². The van der Waals surface area contributed by atoms with Crippen LogP contribution in [0.4, 0.5) is 17.6 Å². The molecule has 10 heteroatoms. The van der Waals surface area contributed by atoms with Crippen LogP contribution in [0.5, 0.6) is 0 Å². The topological polar surface area (TPSA) is 80.9 Å². The van der Waals surface area contributed by atoms with E-state index in [4.69, 9.17) is 20.1 Å². The highest BCUT2D eigenvalue weighted by atomic mass is 19.1. The maximum absolute atomic E-state index is 12.5. The lowest BCUT2D eigenvalue weighted by molar-refractivity contribution is 0.421. The van der Waals surface area contributed by atoms with Crippen LogP contribution >= 0.6 is 0 Å². The summed E-state index contributed by atoms with van der Waals surface area (Å²) in [5.41, 5.74) is -0.655. The van der Waals surface area contributed by atoms with E-state index in [1.807, 2.05) is 0 Å². The van der Waals surface area contributed by atoms with Gasteiger partial charge in [0.05, 0.1) is 0 Å². The Labute approximate surface area is 123 Å². The molecule has 2 aromatic carbocycles. The van der Waals surface area contributed by atoms with Crippen molar-refractivity contribution in [3.63, 3.8) is 0 Å². The highest BCUT2D eigenvalue weighted by Gasteiger charge is 2.16. The molecule has 0 spiro atoms. The standard InChI is InChI=1S/2C6H5BF2O2/c2*8-4-1-2-5(7(10)11)6(9)3-4/h2*1-3,10-11H. The van der Waals surface area contributed by atoms with Crippen LogP contribution in [0.25, 0.3) is 0 Å². The largest absolute Gasteiger partial charge is 0.491 e. The van der Waals surface area contributed by atoms with Crippen molar-refractivity contribution >= 4 is 25.2 Å². The molecule has 0 saturated carbocycles. The summed E-state index contributed by atoms with van der Waals surface area (Å²) in [7, 11) is -3.79. The molecule has 0 aromatic heterocycles. The van der Waals surface area contributed by atoms with Gasteiger partial charge in [-0.15, -0.1) is 0 Å². The Morgan fingerprint density at radius 2 is 0.909 bits per heavy atom. The number of rotatable bonds is 2. The van der Waals surface area contributed by atoms with Crippen molar-refractivity contribution in [1.82, 2.24) is 0 Å². The summed E-state index contributed by atoms with van der Waals surface area (Å²) in [6.45, 7) is 0. The molecule has 0 atom stereocenters. The first-order valence-corrected chi connectivity index (χ1v) is 5.84. The van der Waals surface area contributed by atoms with E-state index < -0.39 is 37.5 Å². The molecule has 0 saturated heterocycles. The molecule has 0 unspecified atom stereocenters. The van der Waals surface area contributed by atoms with Crippen LogP contribution < -0.4 is 10.9 Å². The summed E-state index contributed by atoms with van der Waals surface area (Å²) in [5.74, 6) is -3.40. The van der Waals surface area contributed by atoms with Gasteiger partial charge in [-0.1, -0.05) is 12.1 Å². The van der Waals surface area contributed by atoms with Crippen LogP contribution in [-0.4, -0.2) is 34.3 Å². The first-order chi connectivity index (χ1) is 10.2. The summed E-state index contributed by atoms with van der Waals surface area (Å²) in [6.07, 6.45) is 0. The van der Waals surface area contributed by atoms with E-state index in [1.165, 1.54) is 0 Å². The van der Waals surface area contributed by atoms with Gasteiger partial charge in [0.15, 0.2) is 0 Å². The predicted octanol–water partition coefficient (Wildman–Crippen LogP) is -0.711. The van der Waals surface area contributed by atoms with Gasteiger partial charge in [-0.05, 0) is 12.1 Å². The van der Waals surface area contributed by atoms with Crippen molar-refractivity contribution in [2.24, 2.45) is 0 Å². The predicted molar refractivity (Wildman–Crippen MR) is 72.4 cm³/mol. The number of hydrogen-bond donors (Lipinski definition) is 4. The van der Waals surface area contributed by atoms with Gasteiger partial charge >= 0.3 is 14.2 Å². The summed E-state index contributed by atoms with van der Waals surface area (Å²) < 4.78 is 49.5. The molecule has 0 amide bonds. The van der Waals surface area contributed by atoms with E-state index in [0.717, 1.165) is 24.3 Å². The maximum atomic E-state index is 12.5. The molecule has 2 aromatic rings. The Kier molecular flexibility index (Phi) is 6.57. The summed E-state index contributed by atoms with van der Waals surface area (Å²) in [6, 6.07) is 5.06. The molecule has 0 aliphatic carbocycles. The van der Waals surface area contributed by atoms with E-state index in [9.17, 15) is 17.6 Å². The van der Waals surface area contributed by atoms with Crippen LogP contribution in [0.1, 0.15) is 0 Å². The molecular weight excluding hydrogens is 306 g/mol. The van der Waals surface area contributed by atoms with Gasteiger partial charge in [0.2, 0.25) is 0 Å². The lowest BCUT2D eigenvalue weighted by Crippen LogP contribution is -2.32. The molecule has 116 valence electrons. The molecule has 2 rings (SSSR count). The molecule has 0 bridgehead atoms. The molecule has 0 heterocycles. The lowest BCUT2D eigenvalue weighted by Gasteiger charge is -1.99. The molecule has 22 heavy (non-hydrogen) atoms. The quantitative estimate of drug-likeness (QED) is 0.436. The molecule has 4 nitrogen and oxygen atoms in total. The van der Waals surface area contributed by atoms with Crippen molar-refractivity contribution < 1.29 is 37.7 Å². The van der Waals surface area contributed by atoms with E-state index in [0.29, 0.717) is 12.1 Å². The third-order valence-electron chi connectivity index (χ3n) is 2.48. The molecule has 0 aliphatic heterocycles. The third kappa shape index (κ3) is 5.15. The van der Waals surface area contributed by atoms with E-state index >= 15 is 0 Å². The van der Waals surface area contributed by atoms with Crippen LogP contribution in [0.15, 0.2) is 36.4 Å². The lowest BCUT2D eigenvalue weighted by atomic mass is 9.80. The Bertz CT molecular complexity index is 585. The molecule has 0 aliphatic rings. The van der Waals surface area contributed by atoms with Crippen molar-refractivity contribution in [1.29, 1.82) is 0 Å². The first-order valence-electron chi connectivity index (χ1n) is 5.84. The normalized spacial score (nSPS) is 9.82. The highest BCUT2D eigenvalue weighted by molar-refractivity contribution is 6.59. The minimum absolute atomic E-state index is 0.327. The van der Waals surface area contributed by atoms with Gasteiger partial charge in [-0.3, -0.25) is 0 Å². The van der Waals surface area contributed by atoms with Crippen LogP contribution in [-0.2, 0) is 0 Å². The average Bonchev–Trinajstić information content (AvgIpc) is 2.38. The van der Waals surface area contributed by atoms with E-state index in [-0.39, 0.29) is 10.9 Å². The van der Waals surface area contributed by atoms with E-state index in [2.05, 4.69) is 0 Å². The fourth-order valence-corrected chi connectivity index (χ4v) is 1.42. The maximum Gasteiger partial charge on any atom is 0.491 e. The van der Waals surface area contributed by atoms with Crippen molar-refractivity contribution in [3.05, 3.63) is 59.7 Å². The zero-order valence-electron chi connectivity index (χ0n) is 10.9. The summed E-state index contributed by atoms with van der Waals surface area (Å²) in [5, 5.41) is 34.0. The van der Waals surface area contributed by atoms with E-state index in [1.54, 1.807) is 0 Å². The smallest absolute Gasteiger partial charge is 0.423 e. The number of benzene rings is 2. The van der Waals surface area contributed by atoms with Crippen LogP contribution in [0.3, 0.4) is 0 Å². The van der Waals surface area contributed by atoms with Gasteiger partial charge in [0, 0.05) is 23.1 Å². The number of hydrogen-bond acceptors (Lipinski definition) is 4. The molecule has 0 fully saturated rings. The average molecular weight is 316 g/mol. The van der Waals surface area contributed by atoms with Gasteiger partial charge < -0.3 is 20.1 Å². The zero-order valence-corrected chi connectivity index (χ0v) is 10.9. The first kappa shape index (κ1) is 18.2. The minimum atomic E-state index is -1.89. The fraction of sp³-hybridized carbons (Fsp3) is 0. The van der Waals surface area contributed by atoms with Gasteiger partial charge in [0.25, 0.3) is 0 Å². The highest BCUT2D eigenvalue weighted by Crippen LogP contribution is 1.99. The SMILES string of the molecule is OB(O)c1ccc(F)cc1F.OB(O)c1ccc(F)cc1F. The zero-order chi connectivity index (χ0) is 16.9. The minimum Gasteiger partial charge on any atom is -0.423 e. The van der Waals surface area contributed by atoms with Crippen molar-refractivity contribution in [2.45, 2.75) is 0 Å². The van der Waals surface area contributed by atoms with Crippen LogP contribution in [0, 0.1) is 23.3 Å². The fourth-order valence-electron chi connectivity index (χ4n) is 1.42. The Hall–Kier alpha value is -1.87. The third-order valence-corrected chi connectivity index (χ3v) is 2.48. The summed E-state index contributed by atoms with van der Waals surface area (Å²) in [4.78, 5) is 0. The Morgan fingerprint density at radius 3 is 1.14 bits per heavy atom. The summed E-state index contributed by atoms with van der Waals surface area (Å²) >= 11 is 0. The second kappa shape index (κ2) is 7.95. The van der Waals surface area contributed by atoms with Gasteiger partial charge in [-0.25, -0.2) is 17.6 Å². The van der Waals surface area contributed by atoms with Gasteiger partial charge in [-0.2, -0.15) is 0 Å². The van der Waals surface area contributed by atoms with Crippen LogP contribution in [0.2, 0.25) is 0 Å². The molecule has 4 N–H and O–H groups in total.